The zero-order valence-electron chi connectivity index (χ0n) is 11.3. The summed E-state index contributed by atoms with van der Waals surface area (Å²) in [7, 11) is 1.87. The van der Waals surface area contributed by atoms with E-state index in [9.17, 15) is 0 Å². The minimum atomic E-state index is -0.329. The Balaban J connectivity index is 1.93. The van der Waals surface area contributed by atoms with Gasteiger partial charge in [0, 0.05) is 5.56 Å². The smallest absolute Gasteiger partial charge is 0.246 e. The average Bonchev–Trinajstić information content (AvgIpc) is 3.05. The average molecular weight is 259 g/mol. The molecule has 5 heteroatoms. The van der Waals surface area contributed by atoms with Gasteiger partial charge >= 0.3 is 0 Å². The molecule has 0 amide bonds. The number of para-hydroxylation sites is 1. The maximum absolute atomic E-state index is 5.65. The van der Waals surface area contributed by atoms with E-state index in [4.69, 9.17) is 9.26 Å². The monoisotopic (exact) mass is 259 g/mol. The van der Waals surface area contributed by atoms with Gasteiger partial charge in [-0.2, -0.15) is 4.98 Å². The first kappa shape index (κ1) is 12.2. The van der Waals surface area contributed by atoms with Gasteiger partial charge < -0.3 is 14.6 Å². The molecular formula is C14H17N3O2. The molecule has 0 aliphatic carbocycles. The molecule has 1 aliphatic rings. The molecule has 1 aromatic heterocycles. The molecular weight excluding hydrogens is 242 g/mol. The van der Waals surface area contributed by atoms with Crippen molar-refractivity contribution in [3.8, 4) is 5.75 Å². The molecule has 1 unspecified atom stereocenters. The lowest BCUT2D eigenvalue weighted by atomic mass is 10.0. The number of hydrogen-bond acceptors (Lipinski definition) is 5. The Morgan fingerprint density at radius 2 is 2.11 bits per heavy atom. The Hall–Kier alpha value is -1.88. The highest BCUT2D eigenvalue weighted by Gasteiger charge is 2.32. The number of aromatic nitrogens is 2. The lowest BCUT2D eigenvalue weighted by Gasteiger charge is -2.17. The van der Waals surface area contributed by atoms with Crippen molar-refractivity contribution in [3.63, 3.8) is 0 Å². The van der Waals surface area contributed by atoms with Gasteiger partial charge in [0.15, 0.2) is 5.82 Å². The standard InChI is InChI=1S/C14H17N3O2/c1-14(2,15-3)13-16-12(17-19-13)10-8-18-11-7-5-4-6-9(10)11/h4-7,10,15H,8H2,1-3H3. The summed E-state index contributed by atoms with van der Waals surface area (Å²) in [5.41, 5.74) is 0.793. The van der Waals surface area contributed by atoms with Gasteiger partial charge in [-0.1, -0.05) is 23.4 Å². The molecule has 0 saturated carbocycles. The first-order valence-electron chi connectivity index (χ1n) is 6.36. The summed E-state index contributed by atoms with van der Waals surface area (Å²) in [5, 5.41) is 7.26. The van der Waals surface area contributed by atoms with Gasteiger partial charge in [0.25, 0.3) is 0 Å². The predicted molar refractivity (Wildman–Crippen MR) is 70.2 cm³/mol. The number of rotatable bonds is 3. The Morgan fingerprint density at radius 1 is 1.32 bits per heavy atom. The Morgan fingerprint density at radius 3 is 2.89 bits per heavy atom. The molecule has 0 fully saturated rings. The quantitative estimate of drug-likeness (QED) is 0.914. The van der Waals surface area contributed by atoms with E-state index >= 15 is 0 Å². The summed E-state index contributed by atoms with van der Waals surface area (Å²) >= 11 is 0. The van der Waals surface area contributed by atoms with E-state index in [0.717, 1.165) is 11.3 Å². The number of benzene rings is 1. The number of nitrogens with one attached hydrogen (secondary N) is 1. The van der Waals surface area contributed by atoms with Crippen LogP contribution in [0.5, 0.6) is 5.75 Å². The minimum Gasteiger partial charge on any atom is -0.492 e. The van der Waals surface area contributed by atoms with Crippen molar-refractivity contribution in [2.75, 3.05) is 13.7 Å². The van der Waals surface area contributed by atoms with Crippen molar-refractivity contribution in [3.05, 3.63) is 41.5 Å². The highest BCUT2D eigenvalue weighted by atomic mass is 16.5. The molecule has 0 radical (unpaired) electrons. The minimum absolute atomic E-state index is 0.0568. The van der Waals surface area contributed by atoms with Gasteiger partial charge in [-0.25, -0.2) is 0 Å². The van der Waals surface area contributed by atoms with Crippen LogP contribution in [0.2, 0.25) is 0 Å². The van der Waals surface area contributed by atoms with Crippen LogP contribution in [-0.4, -0.2) is 23.8 Å². The molecule has 100 valence electrons. The lowest BCUT2D eigenvalue weighted by molar-refractivity contribution is 0.278. The summed E-state index contributed by atoms with van der Waals surface area (Å²) in [4.78, 5) is 4.51. The number of hydrogen-bond donors (Lipinski definition) is 1. The maximum Gasteiger partial charge on any atom is 0.246 e. The van der Waals surface area contributed by atoms with E-state index in [1.165, 1.54) is 0 Å². The second-order valence-electron chi connectivity index (χ2n) is 5.23. The van der Waals surface area contributed by atoms with Crippen molar-refractivity contribution < 1.29 is 9.26 Å². The fourth-order valence-corrected chi connectivity index (χ4v) is 2.11. The van der Waals surface area contributed by atoms with E-state index in [1.54, 1.807) is 0 Å². The summed E-state index contributed by atoms with van der Waals surface area (Å²) < 4.78 is 11.0. The second kappa shape index (κ2) is 4.35. The predicted octanol–water partition coefficient (Wildman–Crippen LogP) is 2.05. The molecule has 1 aromatic carbocycles. The van der Waals surface area contributed by atoms with Gasteiger partial charge in [0.2, 0.25) is 5.89 Å². The zero-order chi connectivity index (χ0) is 13.5. The first-order chi connectivity index (χ1) is 9.12. The molecule has 2 heterocycles. The van der Waals surface area contributed by atoms with Gasteiger partial charge in [-0.15, -0.1) is 0 Å². The third-order valence-corrected chi connectivity index (χ3v) is 3.61. The van der Waals surface area contributed by atoms with Crippen molar-refractivity contribution in [2.45, 2.75) is 25.3 Å². The molecule has 5 nitrogen and oxygen atoms in total. The first-order valence-corrected chi connectivity index (χ1v) is 6.36. The summed E-state index contributed by atoms with van der Waals surface area (Å²) in [6, 6.07) is 7.98. The van der Waals surface area contributed by atoms with Crippen LogP contribution in [0.25, 0.3) is 0 Å². The number of fused-ring (bicyclic) bond motifs is 1. The third kappa shape index (κ3) is 2.00. The normalized spacial score (nSPS) is 18.2. The van der Waals surface area contributed by atoms with Crippen LogP contribution in [0.4, 0.5) is 0 Å². The Kier molecular flexibility index (Phi) is 2.78. The largest absolute Gasteiger partial charge is 0.492 e. The molecule has 19 heavy (non-hydrogen) atoms. The fraction of sp³-hybridized carbons (Fsp3) is 0.429. The van der Waals surface area contributed by atoms with E-state index in [-0.39, 0.29) is 11.5 Å². The zero-order valence-corrected chi connectivity index (χ0v) is 11.3. The summed E-state index contributed by atoms with van der Waals surface area (Å²) in [5.74, 6) is 2.24. The number of ether oxygens (including phenoxy) is 1. The van der Waals surface area contributed by atoms with Gasteiger partial charge in [-0.05, 0) is 27.0 Å². The molecule has 2 aromatic rings. The van der Waals surface area contributed by atoms with E-state index in [0.29, 0.717) is 18.3 Å². The van der Waals surface area contributed by atoms with Crippen molar-refractivity contribution in [1.29, 1.82) is 0 Å². The van der Waals surface area contributed by atoms with Crippen LogP contribution in [0.1, 0.15) is 37.0 Å². The fourth-order valence-electron chi connectivity index (χ4n) is 2.11. The Bertz CT molecular complexity index is 592. The third-order valence-electron chi connectivity index (χ3n) is 3.61. The van der Waals surface area contributed by atoms with Gasteiger partial charge in [0.1, 0.15) is 12.4 Å². The second-order valence-corrected chi connectivity index (χ2v) is 5.23. The highest BCUT2D eigenvalue weighted by Crippen LogP contribution is 2.36. The SMILES string of the molecule is CNC(C)(C)c1nc(C2COc3ccccc32)no1. The molecule has 1 N–H and O–H groups in total. The highest BCUT2D eigenvalue weighted by molar-refractivity contribution is 5.42. The lowest BCUT2D eigenvalue weighted by Crippen LogP contribution is -2.33. The van der Waals surface area contributed by atoms with Crippen molar-refractivity contribution >= 4 is 0 Å². The van der Waals surface area contributed by atoms with Gasteiger partial charge in [0.05, 0.1) is 11.5 Å². The van der Waals surface area contributed by atoms with Crippen LogP contribution >= 0.6 is 0 Å². The van der Waals surface area contributed by atoms with Crippen LogP contribution in [0.15, 0.2) is 28.8 Å². The van der Waals surface area contributed by atoms with Crippen LogP contribution in [0, 0.1) is 0 Å². The van der Waals surface area contributed by atoms with Crippen LogP contribution < -0.4 is 10.1 Å². The molecule has 0 saturated heterocycles. The molecule has 0 bridgehead atoms. The summed E-state index contributed by atoms with van der Waals surface area (Å²) in [6.07, 6.45) is 0. The van der Waals surface area contributed by atoms with Crippen molar-refractivity contribution in [2.24, 2.45) is 0 Å². The van der Waals surface area contributed by atoms with Crippen LogP contribution in [0.3, 0.4) is 0 Å². The maximum atomic E-state index is 5.65. The topological polar surface area (TPSA) is 60.2 Å². The van der Waals surface area contributed by atoms with E-state index in [2.05, 4.69) is 15.5 Å². The molecule has 1 atom stereocenters. The molecule has 1 aliphatic heterocycles. The van der Waals surface area contributed by atoms with E-state index in [1.807, 2.05) is 45.2 Å². The Labute approximate surface area is 112 Å². The van der Waals surface area contributed by atoms with E-state index < -0.39 is 0 Å². The summed E-state index contributed by atoms with van der Waals surface area (Å²) in [6.45, 7) is 4.57. The van der Waals surface area contributed by atoms with Crippen molar-refractivity contribution in [1.82, 2.24) is 15.5 Å². The van der Waals surface area contributed by atoms with Crippen LogP contribution in [-0.2, 0) is 5.54 Å². The number of nitrogens with zero attached hydrogens (tertiary/aromatic N) is 2. The molecule has 0 spiro atoms. The van der Waals surface area contributed by atoms with Gasteiger partial charge in [-0.3, -0.25) is 0 Å². The molecule has 3 rings (SSSR count).